The highest BCUT2D eigenvalue weighted by atomic mass is 32.2. The predicted molar refractivity (Wildman–Crippen MR) is 157 cm³/mol. The lowest BCUT2D eigenvalue weighted by Gasteiger charge is -2.33. The van der Waals surface area contributed by atoms with Gasteiger partial charge in [-0.05, 0) is 66.6 Å². The minimum Gasteiger partial charge on any atom is -0.357 e. The standard InChI is InChI=1S/C32H31F2N3O4S/c1-23-8-16-28(17-9-23)37(42(40,41)29-18-14-27(34)15-19-29)22-31(38)36(21-25-10-12-26(33)13-11-25)30(32(39)35-2)20-24-6-4-3-5-7-24/h3-19,30H,20-22H2,1-2H3,(H,35,39). The number of aryl methyl sites for hydroxylation is 1. The van der Waals surface area contributed by atoms with Gasteiger partial charge in [-0.15, -0.1) is 0 Å². The van der Waals surface area contributed by atoms with Crippen LogP contribution in [0.3, 0.4) is 0 Å². The van der Waals surface area contributed by atoms with Crippen molar-refractivity contribution >= 4 is 27.5 Å². The third kappa shape index (κ3) is 7.38. The van der Waals surface area contributed by atoms with Gasteiger partial charge >= 0.3 is 0 Å². The first-order valence-corrected chi connectivity index (χ1v) is 14.7. The largest absolute Gasteiger partial charge is 0.357 e. The average Bonchev–Trinajstić information content (AvgIpc) is 2.99. The molecule has 0 radical (unpaired) electrons. The summed E-state index contributed by atoms with van der Waals surface area (Å²) >= 11 is 0. The van der Waals surface area contributed by atoms with E-state index in [0.29, 0.717) is 5.56 Å². The fourth-order valence-electron chi connectivity index (χ4n) is 4.48. The van der Waals surface area contributed by atoms with Gasteiger partial charge in [0.25, 0.3) is 10.0 Å². The van der Waals surface area contributed by atoms with Gasteiger partial charge in [0.15, 0.2) is 0 Å². The van der Waals surface area contributed by atoms with Crippen LogP contribution >= 0.6 is 0 Å². The van der Waals surface area contributed by atoms with E-state index in [1.165, 1.54) is 36.2 Å². The first-order chi connectivity index (χ1) is 20.1. The van der Waals surface area contributed by atoms with Crippen LogP contribution in [0.15, 0.2) is 108 Å². The number of amides is 2. The molecule has 1 atom stereocenters. The van der Waals surface area contributed by atoms with Crippen LogP contribution in [0.25, 0.3) is 0 Å². The number of nitrogens with one attached hydrogen (secondary N) is 1. The third-order valence-corrected chi connectivity index (χ3v) is 8.57. The summed E-state index contributed by atoms with van der Waals surface area (Å²) in [6.45, 7) is 1.12. The van der Waals surface area contributed by atoms with E-state index >= 15 is 0 Å². The molecule has 0 saturated heterocycles. The minimum atomic E-state index is -4.33. The van der Waals surface area contributed by atoms with Crippen LogP contribution in [0.5, 0.6) is 0 Å². The summed E-state index contributed by atoms with van der Waals surface area (Å²) in [5.74, 6) is -2.17. The van der Waals surface area contributed by atoms with E-state index in [4.69, 9.17) is 0 Å². The molecule has 0 aromatic heterocycles. The summed E-state index contributed by atoms with van der Waals surface area (Å²) in [6, 6.07) is 24.5. The predicted octanol–water partition coefficient (Wildman–Crippen LogP) is 4.85. The van der Waals surface area contributed by atoms with E-state index in [9.17, 15) is 26.8 Å². The molecule has 42 heavy (non-hydrogen) atoms. The van der Waals surface area contributed by atoms with E-state index in [1.54, 1.807) is 24.3 Å². The third-order valence-electron chi connectivity index (χ3n) is 6.79. The highest BCUT2D eigenvalue weighted by Crippen LogP contribution is 2.26. The molecule has 0 heterocycles. The molecular weight excluding hydrogens is 560 g/mol. The smallest absolute Gasteiger partial charge is 0.264 e. The molecule has 7 nitrogen and oxygen atoms in total. The average molecular weight is 592 g/mol. The van der Waals surface area contributed by atoms with Gasteiger partial charge in [0.05, 0.1) is 10.6 Å². The van der Waals surface area contributed by atoms with E-state index in [0.717, 1.165) is 39.7 Å². The van der Waals surface area contributed by atoms with E-state index in [1.807, 2.05) is 37.3 Å². The Morgan fingerprint density at radius 3 is 1.93 bits per heavy atom. The van der Waals surface area contributed by atoms with E-state index < -0.39 is 46.1 Å². The van der Waals surface area contributed by atoms with Gasteiger partial charge in [-0.2, -0.15) is 0 Å². The Labute approximate surface area is 244 Å². The zero-order valence-corrected chi connectivity index (χ0v) is 24.0. The van der Waals surface area contributed by atoms with E-state index in [-0.39, 0.29) is 23.5 Å². The molecule has 0 bridgehead atoms. The maximum absolute atomic E-state index is 14.2. The first-order valence-electron chi connectivity index (χ1n) is 13.2. The van der Waals surface area contributed by atoms with Crippen molar-refractivity contribution in [1.82, 2.24) is 10.2 Å². The Kier molecular flexibility index (Phi) is 9.69. The fourth-order valence-corrected chi connectivity index (χ4v) is 5.89. The second-order valence-electron chi connectivity index (χ2n) is 9.77. The van der Waals surface area contributed by atoms with Crippen LogP contribution in [0.4, 0.5) is 14.5 Å². The zero-order valence-electron chi connectivity index (χ0n) is 23.2. The summed E-state index contributed by atoms with van der Waals surface area (Å²) < 4.78 is 56.0. The van der Waals surface area contributed by atoms with Crippen LogP contribution < -0.4 is 9.62 Å². The van der Waals surface area contributed by atoms with Gasteiger partial charge in [0, 0.05) is 20.0 Å². The highest BCUT2D eigenvalue weighted by Gasteiger charge is 2.34. The molecule has 0 aliphatic carbocycles. The second-order valence-corrected chi connectivity index (χ2v) is 11.6. The number of sulfonamides is 1. The molecule has 4 aromatic rings. The van der Waals surface area contributed by atoms with Crippen LogP contribution in [0.2, 0.25) is 0 Å². The topological polar surface area (TPSA) is 86.8 Å². The molecule has 0 aliphatic heterocycles. The monoisotopic (exact) mass is 591 g/mol. The molecule has 218 valence electrons. The molecule has 10 heteroatoms. The summed E-state index contributed by atoms with van der Waals surface area (Å²) in [6.07, 6.45) is 0.155. The van der Waals surface area contributed by atoms with Gasteiger partial charge in [0.1, 0.15) is 24.2 Å². The lowest BCUT2D eigenvalue weighted by atomic mass is 10.0. The Morgan fingerprint density at radius 1 is 0.786 bits per heavy atom. The number of halogens is 2. The normalized spacial score (nSPS) is 11.9. The van der Waals surface area contributed by atoms with Gasteiger partial charge in [0.2, 0.25) is 11.8 Å². The van der Waals surface area contributed by atoms with Crippen LogP contribution in [-0.2, 0) is 32.6 Å². The van der Waals surface area contributed by atoms with Crippen molar-refractivity contribution in [1.29, 1.82) is 0 Å². The molecule has 4 rings (SSSR count). The Bertz CT molecular complexity index is 1610. The van der Waals surface area contributed by atoms with Crippen LogP contribution in [0, 0.1) is 18.6 Å². The van der Waals surface area contributed by atoms with Crippen molar-refractivity contribution < 1.29 is 26.8 Å². The number of rotatable bonds is 11. The van der Waals surface area contributed by atoms with Crippen LogP contribution in [0.1, 0.15) is 16.7 Å². The van der Waals surface area contributed by atoms with Gasteiger partial charge in [-0.25, -0.2) is 17.2 Å². The number of carbonyl (C=O) groups is 2. The summed E-state index contributed by atoms with van der Waals surface area (Å²) in [5, 5.41) is 2.61. The molecular formula is C32H31F2N3O4S. The lowest BCUT2D eigenvalue weighted by molar-refractivity contribution is -0.139. The maximum atomic E-state index is 14.2. The van der Waals surface area contributed by atoms with Crippen molar-refractivity contribution in [2.45, 2.75) is 30.8 Å². The van der Waals surface area contributed by atoms with Crippen molar-refractivity contribution in [3.05, 3.63) is 131 Å². The molecule has 1 unspecified atom stereocenters. The maximum Gasteiger partial charge on any atom is 0.264 e. The second kappa shape index (κ2) is 13.4. The van der Waals surface area contributed by atoms with E-state index in [2.05, 4.69) is 5.32 Å². The van der Waals surface area contributed by atoms with Crippen molar-refractivity contribution in [3.8, 4) is 0 Å². The van der Waals surface area contributed by atoms with Crippen molar-refractivity contribution in [2.75, 3.05) is 17.9 Å². The first kappa shape index (κ1) is 30.4. The summed E-state index contributed by atoms with van der Waals surface area (Å²) in [4.78, 5) is 28.5. The Hall–Kier alpha value is -4.57. The number of hydrogen-bond acceptors (Lipinski definition) is 4. The quantitative estimate of drug-likeness (QED) is 0.270. The number of likely N-dealkylation sites (N-methyl/N-ethyl adjacent to an activating group) is 1. The number of carbonyl (C=O) groups excluding carboxylic acids is 2. The number of hydrogen-bond donors (Lipinski definition) is 1. The van der Waals surface area contributed by atoms with Gasteiger partial charge < -0.3 is 10.2 Å². The van der Waals surface area contributed by atoms with Gasteiger partial charge in [-0.1, -0.05) is 60.2 Å². The SMILES string of the molecule is CNC(=O)C(Cc1ccccc1)N(Cc1ccc(F)cc1)C(=O)CN(c1ccc(C)cc1)S(=O)(=O)c1ccc(F)cc1. The Balaban J connectivity index is 1.77. The summed E-state index contributed by atoms with van der Waals surface area (Å²) in [7, 11) is -2.88. The zero-order chi connectivity index (χ0) is 30.3. The molecule has 0 spiro atoms. The molecule has 2 amide bonds. The van der Waals surface area contributed by atoms with Crippen LogP contribution in [-0.4, -0.2) is 44.8 Å². The molecule has 0 saturated carbocycles. The number of benzene rings is 4. The molecule has 4 aromatic carbocycles. The fraction of sp³-hybridized carbons (Fsp3) is 0.188. The molecule has 0 fully saturated rings. The van der Waals surface area contributed by atoms with Crippen molar-refractivity contribution in [2.24, 2.45) is 0 Å². The minimum absolute atomic E-state index is 0.0810. The molecule has 0 aliphatic rings. The number of nitrogens with zero attached hydrogens (tertiary/aromatic N) is 2. The van der Waals surface area contributed by atoms with Crippen molar-refractivity contribution in [3.63, 3.8) is 0 Å². The van der Waals surface area contributed by atoms with Gasteiger partial charge in [-0.3, -0.25) is 13.9 Å². The molecule has 1 N–H and O–H groups in total. The Morgan fingerprint density at radius 2 is 1.36 bits per heavy atom. The summed E-state index contributed by atoms with van der Waals surface area (Å²) in [5.41, 5.74) is 2.44. The number of anilines is 1. The lowest BCUT2D eigenvalue weighted by Crippen LogP contribution is -2.53. The highest BCUT2D eigenvalue weighted by molar-refractivity contribution is 7.92.